The lowest BCUT2D eigenvalue weighted by Gasteiger charge is -2.06. The van der Waals surface area contributed by atoms with E-state index in [4.69, 9.17) is 10.00 Å². The van der Waals surface area contributed by atoms with Gasteiger partial charge in [-0.25, -0.2) is 0 Å². The summed E-state index contributed by atoms with van der Waals surface area (Å²) in [6, 6.07) is 8.88. The highest BCUT2D eigenvalue weighted by molar-refractivity contribution is 5.94. The molecule has 1 atom stereocenters. The number of hydrogen-bond acceptors (Lipinski definition) is 3. The third-order valence-corrected chi connectivity index (χ3v) is 2.14. The van der Waals surface area contributed by atoms with Crippen LogP contribution in [0.1, 0.15) is 17.3 Å². The van der Waals surface area contributed by atoms with Crippen molar-refractivity contribution < 1.29 is 9.53 Å². The number of nitrogens with one attached hydrogen (secondary N) is 1. The topological polar surface area (TPSA) is 62.1 Å². The van der Waals surface area contributed by atoms with E-state index in [-0.39, 0.29) is 11.8 Å². The molecular formula is C12H14N2O2. The Balaban J connectivity index is 2.56. The van der Waals surface area contributed by atoms with Crippen LogP contribution in [0.2, 0.25) is 0 Å². The smallest absolute Gasteiger partial charge is 0.251 e. The van der Waals surface area contributed by atoms with Crippen LogP contribution in [0.3, 0.4) is 0 Å². The van der Waals surface area contributed by atoms with Crippen molar-refractivity contribution in [3.05, 3.63) is 29.8 Å². The third kappa shape index (κ3) is 3.28. The summed E-state index contributed by atoms with van der Waals surface area (Å²) in [7, 11) is 1.57. The Morgan fingerprint density at radius 3 is 2.62 bits per heavy atom. The molecular weight excluding hydrogens is 204 g/mol. The maximum absolute atomic E-state index is 11.6. The van der Waals surface area contributed by atoms with Crippen LogP contribution >= 0.6 is 0 Å². The summed E-state index contributed by atoms with van der Waals surface area (Å²) < 4.78 is 4.99. The quantitative estimate of drug-likeness (QED) is 0.834. The first-order valence-electron chi connectivity index (χ1n) is 4.99. The van der Waals surface area contributed by atoms with E-state index in [1.54, 1.807) is 38.3 Å². The van der Waals surface area contributed by atoms with Crippen molar-refractivity contribution in [1.82, 2.24) is 5.32 Å². The number of hydrogen-bond donors (Lipinski definition) is 1. The monoisotopic (exact) mass is 218 g/mol. The number of rotatable bonds is 4. The first-order chi connectivity index (χ1) is 7.67. The van der Waals surface area contributed by atoms with E-state index in [0.717, 1.165) is 0 Å². The van der Waals surface area contributed by atoms with Crippen molar-refractivity contribution in [3.8, 4) is 11.8 Å². The van der Waals surface area contributed by atoms with Gasteiger partial charge in [0.15, 0.2) is 0 Å². The Morgan fingerprint density at radius 2 is 2.12 bits per heavy atom. The van der Waals surface area contributed by atoms with Crippen LogP contribution in [0, 0.1) is 17.2 Å². The number of carbonyl (C=O) groups excluding carboxylic acids is 1. The Morgan fingerprint density at radius 1 is 1.50 bits per heavy atom. The van der Waals surface area contributed by atoms with Gasteiger partial charge in [0.1, 0.15) is 5.75 Å². The van der Waals surface area contributed by atoms with E-state index in [0.29, 0.717) is 17.9 Å². The summed E-state index contributed by atoms with van der Waals surface area (Å²) in [4.78, 5) is 11.6. The first kappa shape index (κ1) is 12.1. The lowest BCUT2D eigenvalue weighted by atomic mass is 10.2. The number of amides is 1. The number of nitriles is 1. The van der Waals surface area contributed by atoms with Crippen LogP contribution in [-0.2, 0) is 0 Å². The molecule has 16 heavy (non-hydrogen) atoms. The standard InChI is InChI=1S/C12H14N2O2/c1-9(7-13)8-14-12(15)10-3-5-11(16-2)6-4-10/h3-6,9H,8H2,1-2H3,(H,14,15). The van der Waals surface area contributed by atoms with E-state index >= 15 is 0 Å². The molecule has 0 aliphatic carbocycles. The van der Waals surface area contributed by atoms with Gasteiger partial charge >= 0.3 is 0 Å². The normalized spacial score (nSPS) is 11.3. The molecule has 0 heterocycles. The zero-order chi connectivity index (χ0) is 12.0. The van der Waals surface area contributed by atoms with Gasteiger partial charge in [0.25, 0.3) is 5.91 Å². The van der Waals surface area contributed by atoms with Crippen LogP contribution in [0.15, 0.2) is 24.3 Å². The van der Waals surface area contributed by atoms with Gasteiger partial charge in [0, 0.05) is 12.1 Å². The molecule has 0 radical (unpaired) electrons. The summed E-state index contributed by atoms with van der Waals surface area (Å²) in [6.07, 6.45) is 0. The lowest BCUT2D eigenvalue weighted by Crippen LogP contribution is -2.27. The maximum atomic E-state index is 11.6. The molecule has 0 saturated heterocycles. The number of benzene rings is 1. The Kier molecular flexibility index (Phi) is 4.34. The minimum Gasteiger partial charge on any atom is -0.497 e. The highest BCUT2D eigenvalue weighted by Gasteiger charge is 2.06. The molecule has 0 saturated carbocycles. The predicted molar refractivity (Wildman–Crippen MR) is 60.1 cm³/mol. The minimum atomic E-state index is -0.179. The fourth-order valence-electron chi connectivity index (χ4n) is 1.14. The molecule has 0 spiro atoms. The van der Waals surface area contributed by atoms with Gasteiger partial charge in [-0.1, -0.05) is 0 Å². The second kappa shape index (κ2) is 5.76. The highest BCUT2D eigenvalue weighted by Crippen LogP contribution is 2.11. The first-order valence-corrected chi connectivity index (χ1v) is 4.99. The van der Waals surface area contributed by atoms with E-state index in [2.05, 4.69) is 11.4 Å². The molecule has 1 unspecified atom stereocenters. The second-order valence-corrected chi connectivity index (χ2v) is 3.47. The Hall–Kier alpha value is -2.02. The van der Waals surface area contributed by atoms with Gasteiger partial charge in [-0.3, -0.25) is 4.79 Å². The molecule has 0 bridgehead atoms. The average molecular weight is 218 g/mol. The number of methoxy groups -OCH3 is 1. The summed E-state index contributed by atoms with van der Waals surface area (Å²) in [6.45, 7) is 2.12. The third-order valence-electron chi connectivity index (χ3n) is 2.14. The van der Waals surface area contributed by atoms with Crippen LogP contribution in [0.25, 0.3) is 0 Å². The fraction of sp³-hybridized carbons (Fsp3) is 0.333. The van der Waals surface area contributed by atoms with Crippen LogP contribution in [0.4, 0.5) is 0 Å². The lowest BCUT2D eigenvalue weighted by molar-refractivity contribution is 0.0951. The Labute approximate surface area is 94.8 Å². The molecule has 4 nitrogen and oxygen atoms in total. The molecule has 84 valence electrons. The maximum Gasteiger partial charge on any atom is 0.251 e. The van der Waals surface area contributed by atoms with Gasteiger partial charge in [-0.2, -0.15) is 5.26 Å². The van der Waals surface area contributed by atoms with Crippen molar-refractivity contribution >= 4 is 5.91 Å². The molecule has 4 heteroatoms. The number of carbonyl (C=O) groups is 1. The minimum absolute atomic E-state index is 0.176. The van der Waals surface area contributed by atoms with Crippen LogP contribution in [0.5, 0.6) is 5.75 Å². The average Bonchev–Trinajstić information content (AvgIpc) is 2.35. The van der Waals surface area contributed by atoms with Crippen LogP contribution in [-0.4, -0.2) is 19.6 Å². The van der Waals surface area contributed by atoms with Crippen molar-refractivity contribution in [1.29, 1.82) is 5.26 Å². The summed E-state index contributed by atoms with van der Waals surface area (Å²) in [5.74, 6) is 0.355. The van der Waals surface area contributed by atoms with Gasteiger partial charge in [-0.15, -0.1) is 0 Å². The molecule has 1 amide bonds. The van der Waals surface area contributed by atoms with Crippen LogP contribution < -0.4 is 10.1 Å². The van der Waals surface area contributed by atoms with Gasteiger partial charge in [0.2, 0.25) is 0 Å². The predicted octanol–water partition coefficient (Wildman–Crippen LogP) is 1.58. The van der Waals surface area contributed by atoms with Crippen molar-refractivity contribution in [3.63, 3.8) is 0 Å². The van der Waals surface area contributed by atoms with Crippen molar-refractivity contribution in [2.75, 3.05) is 13.7 Å². The molecule has 1 rings (SSSR count). The van der Waals surface area contributed by atoms with Gasteiger partial charge < -0.3 is 10.1 Å². The fourth-order valence-corrected chi connectivity index (χ4v) is 1.14. The van der Waals surface area contributed by atoms with E-state index < -0.39 is 0 Å². The van der Waals surface area contributed by atoms with Gasteiger partial charge in [0.05, 0.1) is 19.1 Å². The summed E-state index contributed by atoms with van der Waals surface area (Å²) in [5, 5.41) is 11.3. The molecule has 0 aliphatic rings. The Bertz CT molecular complexity index is 392. The molecule has 0 fully saturated rings. The zero-order valence-corrected chi connectivity index (χ0v) is 9.36. The largest absolute Gasteiger partial charge is 0.497 e. The van der Waals surface area contributed by atoms with E-state index in [9.17, 15) is 4.79 Å². The molecule has 0 aromatic heterocycles. The molecule has 1 aromatic rings. The number of ether oxygens (including phenoxy) is 1. The number of nitrogens with zero attached hydrogens (tertiary/aromatic N) is 1. The van der Waals surface area contributed by atoms with E-state index in [1.165, 1.54) is 0 Å². The highest BCUT2D eigenvalue weighted by atomic mass is 16.5. The van der Waals surface area contributed by atoms with Crippen molar-refractivity contribution in [2.24, 2.45) is 5.92 Å². The van der Waals surface area contributed by atoms with E-state index in [1.807, 2.05) is 0 Å². The summed E-state index contributed by atoms with van der Waals surface area (Å²) in [5.41, 5.74) is 0.561. The SMILES string of the molecule is COc1ccc(C(=O)NCC(C)C#N)cc1. The molecule has 0 aliphatic heterocycles. The molecule has 1 aromatic carbocycles. The zero-order valence-electron chi connectivity index (χ0n) is 9.36. The van der Waals surface area contributed by atoms with Crippen molar-refractivity contribution in [2.45, 2.75) is 6.92 Å². The van der Waals surface area contributed by atoms with Gasteiger partial charge in [-0.05, 0) is 31.2 Å². The second-order valence-electron chi connectivity index (χ2n) is 3.47. The summed E-state index contributed by atoms with van der Waals surface area (Å²) >= 11 is 0. The molecule has 1 N–H and O–H groups in total.